The maximum atomic E-state index is 12.2. The number of ether oxygens (including phenoxy) is 1. The maximum Gasteiger partial charge on any atom is 0.224 e. The molecule has 0 unspecified atom stereocenters. The van der Waals surface area contributed by atoms with Gasteiger partial charge < -0.3 is 20.3 Å². The molecule has 2 aliphatic heterocycles. The van der Waals surface area contributed by atoms with E-state index in [0.717, 1.165) is 32.7 Å². The molecule has 0 saturated carbocycles. The summed E-state index contributed by atoms with van der Waals surface area (Å²) in [6.07, 6.45) is 0.578. The number of carbonyl (C=O) groups is 1. The van der Waals surface area contributed by atoms with Gasteiger partial charge in [-0.15, -0.1) is 12.4 Å². The lowest BCUT2D eigenvalue weighted by Crippen LogP contribution is -2.42. The van der Waals surface area contributed by atoms with Gasteiger partial charge >= 0.3 is 0 Å². The van der Waals surface area contributed by atoms with E-state index >= 15 is 0 Å². The van der Waals surface area contributed by atoms with Crippen molar-refractivity contribution in [2.75, 3.05) is 45.9 Å². The van der Waals surface area contributed by atoms with Crippen LogP contribution in [-0.4, -0.2) is 67.7 Å². The van der Waals surface area contributed by atoms with Crippen LogP contribution in [0.1, 0.15) is 17.9 Å². The van der Waals surface area contributed by atoms with Gasteiger partial charge in [-0.3, -0.25) is 4.79 Å². The van der Waals surface area contributed by atoms with Gasteiger partial charge in [0.1, 0.15) is 0 Å². The van der Waals surface area contributed by atoms with Crippen molar-refractivity contribution in [2.45, 2.75) is 18.4 Å². The van der Waals surface area contributed by atoms with Crippen LogP contribution in [0.4, 0.5) is 0 Å². The molecule has 0 spiro atoms. The average Bonchev–Trinajstić information content (AvgIpc) is 2.95. The molecule has 0 aromatic heterocycles. The summed E-state index contributed by atoms with van der Waals surface area (Å²) in [5.41, 5.74) is 7.60. The number of carbonyl (C=O) groups excluding carboxylic acids is 1. The summed E-state index contributed by atoms with van der Waals surface area (Å²) in [7, 11) is 0. The predicted molar refractivity (Wildman–Crippen MR) is 92.9 cm³/mol. The van der Waals surface area contributed by atoms with Crippen LogP contribution >= 0.6 is 12.4 Å². The second-order valence-electron chi connectivity index (χ2n) is 6.18. The number of amides is 1. The van der Waals surface area contributed by atoms with E-state index < -0.39 is 0 Å². The van der Waals surface area contributed by atoms with Gasteiger partial charge in [-0.2, -0.15) is 0 Å². The summed E-state index contributed by atoms with van der Waals surface area (Å²) in [6, 6.07) is 10.6. The molecule has 2 N–H and O–H groups in total. The van der Waals surface area contributed by atoms with Gasteiger partial charge in [0, 0.05) is 51.1 Å². The Morgan fingerprint density at radius 3 is 2.57 bits per heavy atom. The highest BCUT2D eigenvalue weighted by Crippen LogP contribution is 2.26. The van der Waals surface area contributed by atoms with Crippen molar-refractivity contribution in [2.24, 2.45) is 5.73 Å². The molecule has 1 aromatic rings. The number of halogens is 1. The Morgan fingerprint density at radius 2 is 1.87 bits per heavy atom. The zero-order valence-corrected chi connectivity index (χ0v) is 14.2. The smallest absolute Gasteiger partial charge is 0.224 e. The number of hydrogen-bond donors (Lipinski definition) is 1. The van der Waals surface area contributed by atoms with Gasteiger partial charge in [0.2, 0.25) is 5.91 Å². The van der Waals surface area contributed by atoms with Gasteiger partial charge in [-0.05, 0) is 5.56 Å². The highest BCUT2D eigenvalue weighted by Gasteiger charge is 2.31. The van der Waals surface area contributed by atoms with E-state index in [1.807, 2.05) is 11.0 Å². The first-order valence-electron chi connectivity index (χ1n) is 8.12. The lowest BCUT2D eigenvalue weighted by molar-refractivity contribution is -0.135. The lowest BCUT2D eigenvalue weighted by Gasteiger charge is -2.27. The molecule has 0 radical (unpaired) electrons. The van der Waals surface area contributed by atoms with Gasteiger partial charge in [0.15, 0.2) is 0 Å². The van der Waals surface area contributed by atoms with Crippen molar-refractivity contribution < 1.29 is 9.53 Å². The molecule has 0 aliphatic carbocycles. The second kappa shape index (κ2) is 8.64. The van der Waals surface area contributed by atoms with Crippen molar-refractivity contribution in [3.05, 3.63) is 35.9 Å². The van der Waals surface area contributed by atoms with E-state index in [-0.39, 0.29) is 24.4 Å². The monoisotopic (exact) mass is 339 g/mol. The molecule has 2 fully saturated rings. The van der Waals surface area contributed by atoms with Gasteiger partial charge in [0.05, 0.1) is 13.2 Å². The summed E-state index contributed by atoms with van der Waals surface area (Å²) in [6.45, 7) is 5.40. The zero-order chi connectivity index (χ0) is 15.4. The highest BCUT2D eigenvalue weighted by molar-refractivity contribution is 5.85. The van der Waals surface area contributed by atoms with Gasteiger partial charge in [0.25, 0.3) is 0 Å². The second-order valence-corrected chi connectivity index (χ2v) is 6.18. The quantitative estimate of drug-likeness (QED) is 0.892. The van der Waals surface area contributed by atoms with E-state index in [9.17, 15) is 4.79 Å². The Hall–Kier alpha value is -1.14. The number of nitrogens with two attached hydrogens (primary N) is 1. The normalized spacial score (nSPS) is 25.2. The molecule has 23 heavy (non-hydrogen) atoms. The number of morpholine rings is 1. The molecule has 2 aliphatic rings. The van der Waals surface area contributed by atoms with Crippen LogP contribution in [0.2, 0.25) is 0 Å². The number of likely N-dealkylation sites (tertiary alicyclic amines) is 1. The van der Waals surface area contributed by atoms with Crippen molar-refractivity contribution in [3.63, 3.8) is 0 Å². The highest BCUT2D eigenvalue weighted by atomic mass is 35.5. The standard InChI is InChI=1S/C17H25N3O2.ClH/c18-16-13-19(12-15(16)14-4-2-1-3-5-14)7-6-17(21)20-8-10-22-11-9-20;/h1-5,15-16H,6-13,18H2;1H/t15-,16+;/m0./s1. The minimum absolute atomic E-state index is 0. The molecule has 1 aromatic carbocycles. The number of benzene rings is 1. The molecule has 2 saturated heterocycles. The Morgan fingerprint density at radius 1 is 1.17 bits per heavy atom. The summed E-state index contributed by atoms with van der Waals surface area (Å²) < 4.78 is 5.28. The first-order valence-corrected chi connectivity index (χ1v) is 8.12. The first-order chi connectivity index (χ1) is 10.7. The van der Waals surface area contributed by atoms with Crippen molar-refractivity contribution in [1.82, 2.24) is 9.80 Å². The van der Waals surface area contributed by atoms with E-state index in [1.54, 1.807) is 0 Å². The third kappa shape index (κ3) is 4.67. The summed E-state index contributed by atoms with van der Waals surface area (Å²) in [5.74, 6) is 0.611. The van der Waals surface area contributed by atoms with Gasteiger partial charge in [-0.1, -0.05) is 30.3 Å². The fourth-order valence-corrected chi connectivity index (χ4v) is 3.37. The van der Waals surface area contributed by atoms with Crippen LogP contribution in [0.3, 0.4) is 0 Å². The van der Waals surface area contributed by atoms with E-state index in [4.69, 9.17) is 10.5 Å². The van der Waals surface area contributed by atoms with Crippen LogP contribution in [0.15, 0.2) is 30.3 Å². The van der Waals surface area contributed by atoms with Crippen LogP contribution in [-0.2, 0) is 9.53 Å². The van der Waals surface area contributed by atoms with E-state index in [1.165, 1.54) is 5.56 Å². The topological polar surface area (TPSA) is 58.8 Å². The van der Waals surface area contributed by atoms with Crippen LogP contribution in [0.5, 0.6) is 0 Å². The molecule has 128 valence electrons. The molecule has 3 rings (SSSR count). The Kier molecular flexibility index (Phi) is 6.84. The molecule has 2 atom stereocenters. The molecule has 0 bridgehead atoms. The minimum atomic E-state index is 0. The first kappa shape index (κ1) is 18.2. The molecule has 6 heteroatoms. The lowest BCUT2D eigenvalue weighted by atomic mass is 9.95. The minimum Gasteiger partial charge on any atom is -0.378 e. The average molecular weight is 340 g/mol. The Bertz CT molecular complexity index is 494. The van der Waals surface area contributed by atoms with Crippen LogP contribution < -0.4 is 5.73 Å². The molecule has 5 nitrogen and oxygen atoms in total. The molecule has 1 amide bonds. The third-order valence-corrected chi connectivity index (χ3v) is 4.67. The number of nitrogens with zero attached hydrogens (tertiary/aromatic N) is 2. The fourth-order valence-electron chi connectivity index (χ4n) is 3.37. The maximum absolute atomic E-state index is 12.2. The van der Waals surface area contributed by atoms with E-state index in [2.05, 4.69) is 29.2 Å². The molecular formula is C17H26ClN3O2. The Balaban J connectivity index is 0.00000192. The van der Waals surface area contributed by atoms with Crippen molar-refractivity contribution >= 4 is 18.3 Å². The predicted octanol–water partition coefficient (Wildman–Crippen LogP) is 1.08. The number of hydrogen-bond acceptors (Lipinski definition) is 4. The molecular weight excluding hydrogens is 314 g/mol. The van der Waals surface area contributed by atoms with Crippen LogP contribution in [0.25, 0.3) is 0 Å². The largest absolute Gasteiger partial charge is 0.378 e. The zero-order valence-electron chi connectivity index (χ0n) is 13.4. The third-order valence-electron chi connectivity index (χ3n) is 4.67. The van der Waals surface area contributed by atoms with E-state index in [0.29, 0.717) is 25.6 Å². The Labute approximate surface area is 144 Å². The van der Waals surface area contributed by atoms with Crippen LogP contribution in [0, 0.1) is 0 Å². The van der Waals surface area contributed by atoms with Crippen molar-refractivity contribution in [3.8, 4) is 0 Å². The van der Waals surface area contributed by atoms with Gasteiger partial charge in [-0.25, -0.2) is 0 Å². The summed E-state index contributed by atoms with van der Waals surface area (Å²) in [4.78, 5) is 16.4. The number of rotatable bonds is 4. The molecule has 2 heterocycles. The van der Waals surface area contributed by atoms with Crippen molar-refractivity contribution in [1.29, 1.82) is 0 Å². The summed E-state index contributed by atoms with van der Waals surface area (Å²) >= 11 is 0. The SMILES string of the molecule is Cl.N[C@@H]1CN(CCC(=O)N2CCOCC2)C[C@H]1c1ccccc1. The fraction of sp³-hybridized carbons (Fsp3) is 0.588. The summed E-state index contributed by atoms with van der Waals surface area (Å²) in [5, 5.41) is 0.